The van der Waals surface area contributed by atoms with Crippen molar-refractivity contribution in [1.82, 2.24) is 0 Å². The minimum atomic E-state index is 0.944. The van der Waals surface area contributed by atoms with Gasteiger partial charge >= 0.3 is 0 Å². The fourth-order valence-corrected chi connectivity index (χ4v) is 3.15. The first kappa shape index (κ1) is 21.0. The normalized spacial score (nSPS) is 12.7. The van der Waals surface area contributed by atoms with Crippen LogP contribution in [0.1, 0.15) is 123 Å². The molecular weight excluding hydrogens is 252 g/mol. The highest BCUT2D eigenvalue weighted by molar-refractivity contribution is 4.56. The van der Waals surface area contributed by atoms with Gasteiger partial charge in [-0.1, -0.05) is 130 Å². The van der Waals surface area contributed by atoms with Gasteiger partial charge in [0.1, 0.15) is 0 Å². The van der Waals surface area contributed by atoms with E-state index in [2.05, 4.69) is 20.8 Å². The first-order valence-electron chi connectivity index (χ1n) is 10.1. The van der Waals surface area contributed by atoms with E-state index in [1.807, 2.05) is 0 Å². The van der Waals surface area contributed by atoms with Crippen LogP contribution in [0.5, 0.6) is 0 Å². The minimum Gasteiger partial charge on any atom is -0.0654 e. The first-order chi connectivity index (χ1) is 10.3. The van der Waals surface area contributed by atoms with Gasteiger partial charge in [0.05, 0.1) is 0 Å². The minimum absolute atomic E-state index is 0.944. The smallest absolute Gasteiger partial charge is 0.0443 e. The summed E-state index contributed by atoms with van der Waals surface area (Å²) >= 11 is 0. The van der Waals surface area contributed by atoms with E-state index in [1.54, 1.807) is 0 Å². The van der Waals surface area contributed by atoms with Gasteiger partial charge in [0.25, 0.3) is 0 Å². The Morgan fingerprint density at radius 3 is 1.38 bits per heavy atom. The monoisotopic (exact) mass is 295 g/mol. The molecule has 0 bridgehead atoms. The second-order valence-electron chi connectivity index (χ2n) is 7.13. The quantitative estimate of drug-likeness (QED) is 0.238. The molecule has 0 heterocycles. The van der Waals surface area contributed by atoms with Crippen molar-refractivity contribution in [1.29, 1.82) is 0 Å². The van der Waals surface area contributed by atoms with Crippen LogP contribution in [-0.2, 0) is 0 Å². The van der Waals surface area contributed by atoms with Crippen molar-refractivity contribution >= 4 is 0 Å². The third-order valence-electron chi connectivity index (χ3n) is 4.75. The van der Waals surface area contributed by atoms with Gasteiger partial charge in [0, 0.05) is 0 Å². The summed E-state index contributed by atoms with van der Waals surface area (Å²) in [6, 6.07) is 0. The van der Waals surface area contributed by atoms with Crippen LogP contribution < -0.4 is 0 Å². The van der Waals surface area contributed by atoms with Crippen molar-refractivity contribution in [2.24, 2.45) is 5.92 Å². The van der Waals surface area contributed by atoms with Crippen LogP contribution >= 0.6 is 0 Å². The summed E-state index contributed by atoms with van der Waals surface area (Å²) in [5.74, 6) is 0.944. The van der Waals surface area contributed by atoms with Crippen LogP contribution in [0.3, 0.4) is 0 Å². The lowest BCUT2D eigenvalue weighted by Gasteiger charge is -2.10. The zero-order chi connectivity index (χ0) is 15.6. The predicted octanol–water partition coefficient (Wildman–Crippen LogP) is 8.11. The van der Waals surface area contributed by atoms with Gasteiger partial charge in [-0.2, -0.15) is 0 Å². The van der Waals surface area contributed by atoms with Crippen LogP contribution in [0.4, 0.5) is 0 Å². The summed E-state index contributed by atoms with van der Waals surface area (Å²) in [7, 11) is 0. The van der Waals surface area contributed by atoms with Gasteiger partial charge in [0.15, 0.2) is 0 Å². The molecule has 0 rings (SSSR count). The molecule has 0 nitrogen and oxygen atoms in total. The molecular formula is C21H43. The largest absolute Gasteiger partial charge is 0.0654 e. The lowest BCUT2D eigenvalue weighted by Crippen LogP contribution is -1.94. The predicted molar refractivity (Wildman–Crippen MR) is 98.7 cm³/mol. The first-order valence-corrected chi connectivity index (χ1v) is 10.1. The molecule has 0 aliphatic carbocycles. The highest BCUT2D eigenvalue weighted by Crippen LogP contribution is 2.18. The maximum atomic E-state index is 3.92. The maximum absolute atomic E-state index is 3.92. The molecule has 21 heavy (non-hydrogen) atoms. The molecule has 0 saturated heterocycles. The molecule has 0 aliphatic rings. The second kappa shape index (κ2) is 18.1. The molecule has 0 aromatic heterocycles. The Labute approximate surface area is 136 Å². The van der Waals surface area contributed by atoms with E-state index in [0.29, 0.717) is 0 Å². The molecule has 0 N–H and O–H groups in total. The van der Waals surface area contributed by atoms with E-state index in [9.17, 15) is 0 Å². The van der Waals surface area contributed by atoms with Crippen LogP contribution in [0, 0.1) is 12.8 Å². The zero-order valence-electron chi connectivity index (χ0n) is 15.3. The summed E-state index contributed by atoms with van der Waals surface area (Å²) in [5.41, 5.74) is 0. The Hall–Kier alpha value is 0. The molecule has 0 aromatic carbocycles. The van der Waals surface area contributed by atoms with E-state index >= 15 is 0 Å². The van der Waals surface area contributed by atoms with Crippen molar-refractivity contribution in [3.05, 3.63) is 6.92 Å². The lowest BCUT2D eigenvalue weighted by atomic mass is 9.96. The Morgan fingerprint density at radius 1 is 0.571 bits per heavy atom. The molecule has 0 spiro atoms. The van der Waals surface area contributed by atoms with Crippen LogP contribution in [0.25, 0.3) is 0 Å². The van der Waals surface area contributed by atoms with Crippen molar-refractivity contribution in [3.63, 3.8) is 0 Å². The third-order valence-corrected chi connectivity index (χ3v) is 4.75. The fourth-order valence-electron chi connectivity index (χ4n) is 3.15. The third kappa shape index (κ3) is 18.0. The SMILES string of the molecule is [CH2]CCCCC(C)CCCCCCCCCCCCCC. The second-order valence-corrected chi connectivity index (χ2v) is 7.13. The van der Waals surface area contributed by atoms with E-state index in [1.165, 1.54) is 103 Å². The van der Waals surface area contributed by atoms with E-state index in [0.717, 1.165) is 12.3 Å². The summed E-state index contributed by atoms with van der Waals surface area (Å²) in [6.07, 6.45) is 24.2. The van der Waals surface area contributed by atoms with Gasteiger partial charge in [-0.25, -0.2) is 0 Å². The summed E-state index contributed by atoms with van der Waals surface area (Å²) < 4.78 is 0. The van der Waals surface area contributed by atoms with Crippen molar-refractivity contribution in [2.45, 2.75) is 123 Å². The Kier molecular flexibility index (Phi) is 18.1. The van der Waals surface area contributed by atoms with Gasteiger partial charge < -0.3 is 0 Å². The highest BCUT2D eigenvalue weighted by atomic mass is 14.1. The number of hydrogen-bond donors (Lipinski definition) is 0. The zero-order valence-corrected chi connectivity index (χ0v) is 15.3. The van der Waals surface area contributed by atoms with E-state index < -0.39 is 0 Å². The van der Waals surface area contributed by atoms with Gasteiger partial charge in [0.2, 0.25) is 0 Å². The Morgan fingerprint density at radius 2 is 0.952 bits per heavy atom. The summed E-state index contributed by atoms with van der Waals surface area (Å²) in [5, 5.41) is 0. The molecule has 0 heteroatoms. The molecule has 0 fully saturated rings. The van der Waals surface area contributed by atoms with Crippen LogP contribution in [-0.4, -0.2) is 0 Å². The van der Waals surface area contributed by atoms with E-state index in [4.69, 9.17) is 0 Å². The fraction of sp³-hybridized carbons (Fsp3) is 0.952. The molecule has 0 saturated carbocycles. The summed E-state index contributed by atoms with van der Waals surface area (Å²) in [6.45, 7) is 8.65. The number of unbranched alkanes of at least 4 members (excludes halogenated alkanes) is 13. The molecule has 0 amide bonds. The number of hydrogen-bond acceptors (Lipinski definition) is 0. The van der Waals surface area contributed by atoms with E-state index in [-0.39, 0.29) is 0 Å². The van der Waals surface area contributed by atoms with Gasteiger partial charge in [-0.05, 0) is 5.92 Å². The topological polar surface area (TPSA) is 0 Å². The van der Waals surface area contributed by atoms with Crippen LogP contribution in [0.2, 0.25) is 0 Å². The van der Waals surface area contributed by atoms with Crippen molar-refractivity contribution in [2.75, 3.05) is 0 Å². The van der Waals surface area contributed by atoms with Crippen LogP contribution in [0.15, 0.2) is 0 Å². The standard InChI is InChI=1S/C21H43/c1-4-6-8-9-10-11-12-13-14-15-16-18-20-21(3)19-17-7-5-2/h21H,2,4-20H2,1,3H3. The highest BCUT2D eigenvalue weighted by Gasteiger charge is 2.01. The van der Waals surface area contributed by atoms with Gasteiger partial charge in [-0.15, -0.1) is 0 Å². The lowest BCUT2D eigenvalue weighted by molar-refractivity contribution is 0.437. The Balaban J connectivity index is 3.05. The molecule has 1 atom stereocenters. The molecule has 1 radical (unpaired) electrons. The molecule has 0 aromatic rings. The summed E-state index contributed by atoms with van der Waals surface area (Å²) in [4.78, 5) is 0. The number of rotatable bonds is 17. The molecule has 127 valence electrons. The van der Waals surface area contributed by atoms with Crippen molar-refractivity contribution < 1.29 is 0 Å². The average molecular weight is 296 g/mol. The molecule has 1 unspecified atom stereocenters. The Bertz CT molecular complexity index is 173. The molecule has 0 aliphatic heterocycles. The van der Waals surface area contributed by atoms with Crippen molar-refractivity contribution in [3.8, 4) is 0 Å². The van der Waals surface area contributed by atoms with Gasteiger partial charge in [-0.3, -0.25) is 0 Å². The average Bonchev–Trinajstić information content (AvgIpc) is 2.48. The maximum Gasteiger partial charge on any atom is -0.0443 e.